The molecule has 0 aromatic heterocycles. The normalized spacial score (nSPS) is 19.1. The van der Waals surface area contributed by atoms with Crippen molar-refractivity contribution in [3.05, 3.63) is 58.7 Å². The van der Waals surface area contributed by atoms with Crippen LogP contribution in [-0.4, -0.2) is 31.1 Å². The smallest absolute Gasteiger partial charge is 0.0428 e. The van der Waals surface area contributed by atoms with Gasteiger partial charge in [0.15, 0.2) is 0 Å². The summed E-state index contributed by atoms with van der Waals surface area (Å²) in [5.74, 6) is 0. The van der Waals surface area contributed by atoms with Crippen molar-refractivity contribution in [2.75, 3.05) is 31.5 Å². The van der Waals surface area contributed by atoms with Gasteiger partial charge in [0.1, 0.15) is 0 Å². The molecule has 27 heavy (non-hydrogen) atoms. The molecular weight excluding hydrogens is 330 g/mol. The third-order valence-corrected chi connectivity index (χ3v) is 6.20. The number of nitrogens with zero attached hydrogens (tertiary/aromatic N) is 1. The highest BCUT2D eigenvalue weighted by molar-refractivity contribution is 5.76. The molecule has 2 aromatic carbocycles. The van der Waals surface area contributed by atoms with Crippen LogP contribution in [0.5, 0.6) is 0 Å². The summed E-state index contributed by atoms with van der Waals surface area (Å²) in [5.41, 5.74) is 8.27. The number of hydrogen-bond donors (Lipinski definition) is 2. The van der Waals surface area contributed by atoms with Crippen LogP contribution in [-0.2, 0) is 17.4 Å². The highest BCUT2D eigenvalue weighted by Gasteiger charge is 2.33. The summed E-state index contributed by atoms with van der Waals surface area (Å²) in [6.45, 7) is 17.1. The van der Waals surface area contributed by atoms with Gasteiger partial charge in [-0.15, -0.1) is 0 Å². The Morgan fingerprint density at radius 3 is 2.37 bits per heavy atom. The highest BCUT2D eigenvalue weighted by atomic mass is 15.2. The Balaban J connectivity index is 1.67. The Morgan fingerprint density at radius 1 is 0.926 bits per heavy atom. The lowest BCUT2D eigenvalue weighted by atomic mass is 9.72. The van der Waals surface area contributed by atoms with Crippen LogP contribution in [0, 0.1) is 0 Å². The summed E-state index contributed by atoms with van der Waals surface area (Å²) in [5, 5.41) is 7.15. The van der Waals surface area contributed by atoms with Gasteiger partial charge in [-0.1, -0.05) is 58.9 Å². The molecule has 1 fully saturated rings. The Labute approximate surface area is 164 Å². The van der Waals surface area contributed by atoms with Gasteiger partial charge >= 0.3 is 0 Å². The van der Waals surface area contributed by atoms with Gasteiger partial charge in [0, 0.05) is 49.5 Å². The van der Waals surface area contributed by atoms with E-state index < -0.39 is 0 Å². The van der Waals surface area contributed by atoms with E-state index >= 15 is 0 Å². The summed E-state index contributed by atoms with van der Waals surface area (Å²) >= 11 is 0. The Morgan fingerprint density at radius 2 is 1.67 bits per heavy atom. The molecule has 0 unspecified atom stereocenters. The molecule has 0 amide bonds. The van der Waals surface area contributed by atoms with Gasteiger partial charge in [-0.25, -0.2) is 0 Å². The number of benzene rings is 2. The number of anilines is 2. The molecule has 0 spiro atoms. The first-order chi connectivity index (χ1) is 12.7. The molecule has 1 saturated heterocycles. The van der Waals surface area contributed by atoms with Crippen molar-refractivity contribution in [2.24, 2.45) is 0 Å². The lowest BCUT2D eigenvalue weighted by Crippen LogP contribution is -2.42. The molecule has 144 valence electrons. The van der Waals surface area contributed by atoms with Crippen LogP contribution in [0.1, 0.15) is 56.9 Å². The molecule has 2 N–H and O–H groups in total. The molecule has 3 nitrogen and oxygen atoms in total. The second-order valence-electron chi connectivity index (χ2n) is 9.67. The van der Waals surface area contributed by atoms with Crippen LogP contribution in [0.2, 0.25) is 0 Å². The molecule has 2 aliphatic heterocycles. The summed E-state index contributed by atoms with van der Waals surface area (Å²) in [7, 11) is 0. The van der Waals surface area contributed by atoms with Crippen LogP contribution in [0.25, 0.3) is 0 Å². The summed E-state index contributed by atoms with van der Waals surface area (Å²) in [4.78, 5) is 2.55. The van der Waals surface area contributed by atoms with E-state index in [0.717, 1.165) is 32.7 Å². The topological polar surface area (TPSA) is 27.3 Å². The minimum absolute atomic E-state index is 0.00575. The van der Waals surface area contributed by atoms with E-state index in [1.54, 1.807) is 0 Å². The predicted molar refractivity (Wildman–Crippen MR) is 115 cm³/mol. The number of rotatable bonds is 2. The van der Waals surface area contributed by atoms with Crippen molar-refractivity contribution in [1.29, 1.82) is 0 Å². The van der Waals surface area contributed by atoms with Crippen molar-refractivity contribution < 1.29 is 0 Å². The van der Waals surface area contributed by atoms with Gasteiger partial charge in [0.2, 0.25) is 0 Å². The number of hydrogen-bond acceptors (Lipinski definition) is 3. The van der Waals surface area contributed by atoms with Crippen molar-refractivity contribution in [2.45, 2.75) is 52.0 Å². The number of nitrogens with one attached hydrogen (secondary N) is 2. The minimum Gasteiger partial charge on any atom is -0.355 e. The van der Waals surface area contributed by atoms with E-state index in [-0.39, 0.29) is 10.8 Å². The maximum atomic E-state index is 3.72. The maximum Gasteiger partial charge on any atom is 0.0428 e. The van der Waals surface area contributed by atoms with Crippen LogP contribution < -0.4 is 10.6 Å². The van der Waals surface area contributed by atoms with Crippen LogP contribution in [0.15, 0.2) is 36.4 Å². The Kier molecular flexibility index (Phi) is 4.56. The molecule has 0 atom stereocenters. The van der Waals surface area contributed by atoms with Gasteiger partial charge in [0.05, 0.1) is 0 Å². The molecule has 0 saturated carbocycles. The second kappa shape index (κ2) is 6.65. The Hall–Kier alpha value is -1.84. The fraction of sp³-hybridized carbons (Fsp3) is 0.500. The molecule has 3 heteroatoms. The molecule has 0 radical (unpaired) electrons. The third kappa shape index (κ3) is 3.51. The molecule has 0 bridgehead atoms. The van der Waals surface area contributed by atoms with E-state index in [9.17, 15) is 0 Å². The van der Waals surface area contributed by atoms with Crippen LogP contribution in [0.3, 0.4) is 0 Å². The zero-order valence-corrected chi connectivity index (χ0v) is 17.4. The van der Waals surface area contributed by atoms with E-state index in [4.69, 9.17) is 0 Å². The monoisotopic (exact) mass is 363 g/mol. The third-order valence-electron chi connectivity index (χ3n) is 6.20. The van der Waals surface area contributed by atoms with Crippen molar-refractivity contribution >= 4 is 11.4 Å². The molecular formula is C24H33N3. The fourth-order valence-electron chi connectivity index (χ4n) is 4.39. The largest absolute Gasteiger partial charge is 0.355 e. The average molecular weight is 364 g/mol. The number of fused-ring (bicyclic) bond motifs is 2. The van der Waals surface area contributed by atoms with Crippen molar-refractivity contribution in [3.63, 3.8) is 0 Å². The predicted octanol–water partition coefficient (Wildman–Crippen LogP) is 4.77. The van der Waals surface area contributed by atoms with E-state index in [1.165, 1.54) is 33.6 Å². The molecule has 0 aliphatic carbocycles. The lowest BCUT2D eigenvalue weighted by Gasteiger charge is -2.37. The quantitative estimate of drug-likeness (QED) is 0.805. The van der Waals surface area contributed by atoms with Crippen LogP contribution >= 0.6 is 0 Å². The van der Waals surface area contributed by atoms with E-state index in [0.29, 0.717) is 0 Å². The summed E-state index contributed by atoms with van der Waals surface area (Å²) in [6.07, 6.45) is 0. The van der Waals surface area contributed by atoms with Gasteiger partial charge in [-0.05, 0) is 39.8 Å². The van der Waals surface area contributed by atoms with Gasteiger partial charge in [0.25, 0.3) is 0 Å². The van der Waals surface area contributed by atoms with Gasteiger partial charge in [-0.2, -0.15) is 0 Å². The summed E-state index contributed by atoms with van der Waals surface area (Å²) in [6, 6.07) is 14.0. The zero-order chi connectivity index (χ0) is 19.2. The average Bonchev–Trinajstić information content (AvgIpc) is 2.62. The first kappa shape index (κ1) is 18.5. The summed E-state index contributed by atoms with van der Waals surface area (Å²) < 4.78 is 0. The highest BCUT2D eigenvalue weighted by Crippen LogP contribution is 2.46. The van der Waals surface area contributed by atoms with E-state index in [2.05, 4.69) is 86.6 Å². The maximum absolute atomic E-state index is 3.72. The molecule has 4 rings (SSSR count). The van der Waals surface area contributed by atoms with E-state index in [1.807, 2.05) is 0 Å². The van der Waals surface area contributed by atoms with Gasteiger partial charge < -0.3 is 10.6 Å². The molecule has 2 heterocycles. The van der Waals surface area contributed by atoms with Crippen molar-refractivity contribution in [3.8, 4) is 0 Å². The number of piperazine rings is 1. The fourth-order valence-corrected chi connectivity index (χ4v) is 4.39. The zero-order valence-electron chi connectivity index (χ0n) is 17.4. The molecule has 2 aliphatic rings. The standard InChI is InChI=1S/C24H33N3/c1-23(2,3)18-7-8-19-22(15-18)26-21-9-6-17(14-20(21)24(19,4)5)16-27-12-10-25-11-13-27/h6-9,14-15,25-26H,10-13,16H2,1-5H3. The first-order valence-corrected chi connectivity index (χ1v) is 10.2. The second-order valence-corrected chi connectivity index (χ2v) is 9.67. The SMILES string of the molecule is CC(C)(C)c1ccc2c(c1)Nc1ccc(CN3CCNCC3)cc1C2(C)C. The van der Waals surface area contributed by atoms with Gasteiger partial charge in [-0.3, -0.25) is 4.90 Å². The first-order valence-electron chi connectivity index (χ1n) is 10.2. The Bertz CT molecular complexity index is 839. The minimum atomic E-state index is 0.00575. The van der Waals surface area contributed by atoms with Crippen LogP contribution in [0.4, 0.5) is 11.4 Å². The lowest BCUT2D eigenvalue weighted by molar-refractivity contribution is 0.233. The van der Waals surface area contributed by atoms with Crippen molar-refractivity contribution in [1.82, 2.24) is 10.2 Å². The molecule has 2 aromatic rings.